The number of hydrogen-bond acceptors (Lipinski definition) is 2. The zero-order valence-electron chi connectivity index (χ0n) is 12.2. The molecule has 0 radical (unpaired) electrons. The highest BCUT2D eigenvalue weighted by Gasteiger charge is 2.39. The molecule has 1 aliphatic heterocycles. The number of aliphatic hydroxyl groups excluding tert-OH is 1. The van der Waals surface area contributed by atoms with Gasteiger partial charge in [-0.2, -0.15) is 0 Å². The second-order valence-corrected chi connectivity index (χ2v) is 6.66. The normalized spacial score (nSPS) is 21.4. The maximum Gasteiger partial charge on any atom is 0.143 e. The second kappa shape index (κ2) is 6.54. The van der Waals surface area contributed by atoms with Gasteiger partial charge in [0.1, 0.15) is 5.82 Å². The molecule has 0 bridgehead atoms. The second-order valence-electron chi connectivity index (χ2n) is 5.80. The maximum atomic E-state index is 14.3. The Morgan fingerprint density at radius 3 is 2.60 bits per heavy atom. The van der Waals surface area contributed by atoms with Crippen molar-refractivity contribution in [2.45, 2.75) is 51.2 Å². The van der Waals surface area contributed by atoms with Gasteiger partial charge in [-0.3, -0.25) is 4.90 Å². The molecular formula is C16H23BrFNO. The highest BCUT2D eigenvalue weighted by atomic mass is 79.9. The lowest BCUT2D eigenvalue weighted by Gasteiger charge is -2.46. The first-order valence-corrected chi connectivity index (χ1v) is 8.17. The lowest BCUT2D eigenvalue weighted by molar-refractivity contribution is -0.0367. The fraction of sp³-hybridized carbons (Fsp3) is 0.625. The number of nitrogens with zero attached hydrogens (tertiary/aromatic N) is 1. The highest BCUT2D eigenvalue weighted by molar-refractivity contribution is 9.10. The minimum absolute atomic E-state index is 0.350. The van der Waals surface area contributed by atoms with Crippen molar-refractivity contribution in [2.75, 3.05) is 13.1 Å². The van der Waals surface area contributed by atoms with E-state index in [2.05, 4.69) is 27.8 Å². The van der Waals surface area contributed by atoms with Crippen molar-refractivity contribution in [3.05, 3.63) is 34.1 Å². The van der Waals surface area contributed by atoms with E-state index in [4.69, 9.17) is 0 Å². The zero-order valence-corrected chi connectivity index (χ0v) is 13.8. The fourth-order valence-corrected chi connectivity index (χ4v) is 3.44. The van der Waals surface area contributed by atoms with Crippen molar-refractivity contribution in [2.24, 2.45) is 0 Å². The van der Waals surface area contributed by atoms with Crippen LogP contribution in [0.5, 0.6) is 0 Å². The van der Waals surface area contributed by atoms with Crippen molar-refractivity contribution in [1.82, 2.24) is 4.90 Å². The molecule has 1 fully saturated rings. The van der Waals surface area contributed by atoms with E-state index in [0.717, 1.165) is 32.4 Å². The lowest BCUT2D eigenvalue weighted by atomic mass is 9.83. The predicted molar refractivity (Wildman–Crippen MR) is 83.2 cm³/mol. The molecule has 0 aromatic heterocycles. The molecule has 2 nitrogen and oxygen atoms in total. The Kier molecular flexibility index (Phi) is 5.21. The summed E-state index contributed by atoms with van der Waals surface area (Å²) >= 11 is 3.20. The van der Waals surface area contributed by atoms with Crippen molar-refractivity contribution in [3.8, 4) is 0 Å². The minimum atomic E-state index is -0.817. The van der Waals surface area contributed by atoms with Crippen LogP contribution in [0, 0.1) is 5.82 Å². The van der Waals surface area contributed by atoms with Crippen LogP contribution in [0.15, 0.2) is 22.7 Å². The first kappa shape index (κ1) is 15.9. The predicted octanol–water partition coefficient (Wildman–Crippen LogP) is 4.28. The van der Waals surface area contributed by atoms with E-state index in [1.165, 1.54) is 6.42 Å². The van der Waals surface area contributed by atoms with Gasteiger partial charge in [0.25, 0.3) is 0 Å². The molecule has 2 atom stereocenters. The summed E-state index contributed by atoms with van der Waals surface area (Å²) in [6.07, 6.45) is 3.53. The molecular weight excluding hydrogens is 321 g/mol. The molecule has 0 amide bonds. The molecule has 2 unspecified atom stereocenters. The van der Waals surface area contributed by atoms with Crippen LogP contribution in [0.1, 0.15) is 51.2 Å². The van der Waals surface area contributed by atoms with Crippen molar-refractivity contribution in [1.29, 1.82) is 0 Å². The number of benzene rings is 1. The maximum absolute atomic E-state index is 14.3. The molecule has 4 heteroatoms. The standard InChI is InChI=1S/C16H23BrFNO/c1-3-16(2,19-10-5-4-6-11-19)15(20)12-8-7-9-13(17)14(12)18/h7-9,15,20H,3-6,10-11H2,1-2H3. The van der Waals surface area contributed by atoms with E-state index in [0.29, 0.717) is 10.0 Å². The number of likely N-dealkylation sites (tertiary alicyclic amines) is 1. The summed E-state index contributed by atoms with van der Waals surface area (Å²) in [5.74, 6) is -0.350. The summed E-state index contributed by atoms with van der Waals surface area (Å²) in [6, 6.07) is 5.12. The third-order valence-corrected chi connectivity index (χ3v) is 5.27. The van der Waals surface area contributed by atoms with Gasteiger partial charge in [0.2, 0.25) is 0 Å². The van der Waals surface area contributed by atoms with Gasteiger partial charge in [0.05, 0.1) is 10.6 Å². The van der Waals surface area contributed by atoms with Crippen LogP contribution in [-0.2, 0) is 0 Å². The van der Waals surface area contributed by atoms with Crippen LogP contribution >= 0.6 is 15.9 Å². The summed E-state index contributed by atoms with van der Waals surface area (Å²) in [4.78, 5) is 2.32. The monoisotopic (exact) mass is 343 g/mol. The molecule has 0 aliphatic carbocycles. The molecule has 1 saturated heterocycles. The van der Waals surface area contributed by atoms with Crippen LogP contribution in [0.3, 0.4) is 0 Å². The van der Waals surface area contributed by atoms with E-state index in [-0.39, 0.29) is 5.82 Å². The fourth-order valence-electron chi connectivity index (χ4n) is 3.06. The Labute approximate surface area is 129 Å². The van der Waals surface area contributed by atoms with Gasteiger partial charge in [-0.1, -0.05) is 25.5 Å². The Morgan fingerprint density at radius 2 is 2.00 bits per heavy atom. The van der Waals surface area contributed by atoms with Gasteiger partial charge >= 0.3 is 0 Å². The number of rotatable bonds is 4. The van der Waals surface area contributed by atoms with Gasteiger partial charge in [-0.25, -0.2) is 4.39 Å². The molecule has 1 heterocycles. The van der Waals surface area contributed by atoms with Crippen molar-refractivity contribution >= 4 is 15.9 Å². The first-order chi connectivity index (χ1) is 9.50. The first-order valence-electron chi connectivity index (χ1n) is 7.37. The smallest absolute Gasteiger partial charge is 0.143 e. The molecule has 0 spiro atoms. The Bertz CT molecular complexity index is 462. The van der Waals surface area contributed by atoms with E-state index in [1.54, 1.807) is 18.2 Å². The molecule has 1 aliphatic rings. The van der Waals surface area contributed by atoms with Crippen LogP contribution in [-0.4, -0.2) is 28.6 Å². The SMILES string of the molecule is CCC(C)(C(O)c1cccc(Br)c1F)N1CCCCC1. The van der Waals surface area contributed by atoms with Gasteiger partial charge in [0, 0.05) is 11.1 Å². The van der Waals surface area contributed by atoms with Crippen LogP contribution in [0.2, 0.25) is 0 Å². The third-order valence-electron chi connectivity index (χ3n) is 4.66. The number of piperidine rings is 1. The topological polar surface area (TPSA) is 23.5 Å². The number of halogens is 2. The summed E-state index contributed by atoms with van der Waals surface area (Å²) < 4.78 is 14.7. The average molecular weight is 344 g/mol. The molecule has 112 valence electrons. The molecule has 2 rings (SSSR count). The summed E-state index contributed by atoms with van der Waals surface area (Å²) in [5.41, 5.74) is -0.0310. The van der Waals surface area contributed by atoms with Gasteiger partial charge in [-0.15, -0.1) is 0 Å². The summed E-state index contributed by atoms with van der Waals surface area (Å²) in [5, 5.41) is 10.8. The summed E-state index contributed by atoms with van der Waals surface area (Å²) in [7, 11) is 0. The van der Waals surface area contributed by atoms with Crippen LogP contribution in [0.4, 0.5) is 4.39 Å². The molecule has 1 N–H and O–H groups in total. The van der Waals surface area contributed by atoms with Gasteiger partial charge in [-0.05, 0) is 61.3 Å². The molecule has 20 heavy (non-hydrogen) atoms. The quantitative estimate of drug-likeness (QED) is 0.881. The van der Waals surface area contributed by atoms with Crippen molar-refractivity contribution in [3.63, 3.8) is 0 Å². The Balaban J connectivity index is 2.32. The van der Waals surface area contributed by atoms with E-state index in [1.807, 2.05) is 6.92 Å². The van der Waals surface area contributed by atoms with E-state index in [9.17, 15) is 9.50 Å². The Morgan fingerprint density at radius 1 is 1.35 bits per heavy atom. The lowest BCUT2D eigenvalue weighted by Crippen LogP contribution is -2.52. The summed E-state index contributed by atoms with van der Waals surface area (Å²) in [6.45, 7) is 6.07. The number of hydrogen-bond donors (Lipinski definition) is 1. The Hall–Kier alpha value is -0.450. The van der Waals surface area contributed by atoms with Crippen molar-refractivity contribution < 1.29 is 9.50 Å². The van der Waals surface area contributed by atoms with Crippen LogP contribution in [0.25, 0.3) is 0 Å². The molecule has 1 aromatic carbocycles. The average Bonchev–Trinajstić information content (AvgIpc) is 2.49. The molecule has 0 saturated carbocycles. The molecule has 1 aromatic rings. The minimum Gasteiger partial charge on any atom is -0.386 e. The third kappa shape index (κ3) is 2.92. The van der Waals surface area contributed by atoms with Gasteiger partial charge in [0.15, 0.2) is 0 Å². The van der Waals surface area contributed by atoms with E-state index >= 15 is 0 Å². The van der Waals surface area contributed by atoms with E-state index < -0.39 is 11.6 Å². The zero-order chi connectivity index (χ0) is 14.8. The highest BCUT2D eigenvalue weighted by Crippen LogP contribution is 2.38. The van der Waals surface area contributed by atoms with Crippen LogP contribution < -0.4 is 0 Å². The largest absolute Gasteiger partial charge is 0.386 e. The number of aliphatic hydroxyl groups is 1. The van der Waals surface area contributed by atoms with Gasteiger partial charge < -0.3 is 5.11 Å².